The number of benzene rings is 1. The van der Waals surface area contributed by atoms with E-state index in [0.717, 1.165) is 48.1 Å². The summed E-state index contributed by atoms with van der Waals surface area (Å²) in [4.78, 5) is 17.7. The van der Waals surface area contributed by atoms with Gasteiger partial charge in [0.15, 0.2) is 0 Å². The zero-order valence-corrected chi connectivity index (χ0v) is 14.7. The summed E-state index contributed by atoms with van der Waals surface area (Å²) in [6.07, 6.45) is 6.02. The molecule has 1 fully saturated rings. The fourth-order valence-electron chi connectivity index (χ4n) is 3.70. The molecule has 4 heteroatoms. The molecular formula is C21H23N3O. The van der Waals surface area contributed by atoms with Gasteiger partial charge >= 0.3 is 0 Å². The molecule has 0 unspecified atom stereocenters. The quantitative estimate of drug-likeness (QED) is 0.776. The molecule has 3 aromatic rings. The molecule has 0 aliphatic carbocycles. The molecule has 4 rings (SSSR count). The van der Waals surface area contributed by atoms with Crippen LogP contribution in [-0.4, -0.2) is 28.5 Å². The lowest BCUT2D eigenvalue weighted by Gasteiger charge is -2.21. The summed E-state index contributed by atoms with van der Waals surface area (Å²) in [6, 6.07) is 9.80. The summed E-state index contributed by atoms with van der Waals surface area (Å²) >= 11 is 0. The van der Waals surface area contributed by atoms with E-state index in [1.54, 1.807) is 4.57 Å². The van der Waals surface area contributed by atoms with Gasteiger partial charge in [-0.2, -0.15) is 0 Å². The van der Waals surface area contributed by atoms with Crippen molar-refractivity contribution in [2.24, 2.45) is 0 Å². The normalized spacial score (nSPS) is 15.6. The first-order chi connectivity index (χ1) is 12.1. The van der Waals surface area contributed by atoms with Crippen LogP contribution in [0.25, 0.3) is 11.0 Å². The van der Waals surface area contributed by atoms with Gasteiger partial charge in [-0.25, -0.2) is 0 Å². The molecule has 1 aliphatic rings. The lowest BCUT2D eigenvalue weighted by molar-refractivity contribution is 0.0964. The van der Waals surface area contributed by atoms with Crippen LogP contribution in [0.5, 0.6) is 0 Å². The molecule has 1 aromatic carbocycles. The van der Waals surface area contributed by atoms with Gasteiger partial charge in [-0.15, -0.1) is 0 Å². The second-order valence-corrected chi connectivity index (χ2v) is 6.95. The van der Waals surface area contributed by atoms with Gasteiger partial charge < -0.3 is 5.32 Å². The third-order valence-corrected chi connectivity index (χ3v) is 5.34. The van der Waals surface area contributed by atoms with Crippen LogP contribution >= 0.6 is 0 Å². The maximum absolute atomic E-state index is 13.1. The number of nitrogens with zero attached hydrogens (tertiary/aromatic N) is 2. The third-order valence-electron chi connectivity index (χ3n) is 5.34. The Bertz CT molecular complexity index is 935. The second-order valence-electron chi connectivity index (χ2n) is 6.95. The average molecular weight is 333 g/mol. The first kappa shape index (κ1) is 16.0. The molecule has 0 saturated carbocycles. The Hall–Kier alpha value is -2.46. The zero-order chi connectivity index (χ0) is 17.4. The van der Waals surface area contributed by atoms with Gasteiger partial charge in [-0.3, -0.25) is 14.3 Å². The number of carbonyl (C=O) groups excluding carboxylic acids is 1. The Morgan fingerprint density at radius 2 is 1.96 bits per heavy atom. The largest absolute Gasteiger partial charge is 0.317 e. The third kappa shape index (κ3) is 2.87. The average Bonchev–Trinajstić information content (AvgIpc) is 3.04. The summed E-state index contributed by atoms with van der Waals surface area (Å²) < 4.78 is 1.78. The van der Waals surface area contributed by atoms with Crippen molar-refractivity contribution in [1.29, 1.82) is 0 Å². The van der Waals surface area contributed by atoms with E-state index in [0.29, 0.717) is 5.92 Å². The zero-order valence-electron chi connectivity index (χ0n) is 14.7. The Kier molecular flexibility index (Phi) is 4.14. The highest BCUT2D eigenvalue weighted by atomic mass is 16.2. The SMILES string of the molecule is Cc1ccc(C(=O)n2cc(C3CCNCC3)c3ncccc32)cc1C. The minimum Gasteiger partial charge on any atom is -0.317 e. The molecule has 128 valence electrons. The van der Waals surface area contributed by atoms with Crippen LogP contribution in [0.1, 0.15) is 45.8 Å². The van der Waals surface area contributed by atoms with Crippen molar-refractivity contribution < 1.29 is 4.79 Å². The van der Waals surface area contributed by atoms with E-state index in [1.807, 2.05) is 49.6 Å². The van der Waals surface area contributed by atoms with Gasteiger partial charge in [0, 0.05) is 18.0 Å². The van der Waals surface area contributed by atoms with Gasteiger partial charge in [0.05, 0.1) is 11.0 Å². The van der Waals surface area contributed by atoms with Crippen LogP contribution in [0.3, 0.4) is 0 Å². The molecule has 3 heterocycles. The van der Waals surface area contributed by atoms with Gasteiger partial charge in [-0.1, -0.05) is 6.07 Å². The highest BCUT2D eigenvalue weighted by molar-refractivity contribution is 6.02. The fraction of sp³-hybridized carbons (Fsp3) is 0.333. The Labute approximate surface area is 147 Å². The van der Waals surface area contributed by atoms with Crippen LogP contribution in [0.4, 0.5) is 0 Å². The van der Waals surface area contributed by atoms with Crippen molar-refractivity contribution >= 4 is 16.9 Å². The number of carbonyl (C=O) groups is 1. The molecule has 1 aliphatic heterocycles. The van der Waals surface area contributed by atoms with E-state index < -0.39 is 0 Å². The van der Waals surface area contributed by atoms with E-state index in [9.17, 15) is 4.79 Å². The van der Waals surface area contributed by atoms with Gasteiger partial charge in [-0.05, 0) is 86.7 Å². The highest BCUT2D eigenvalue weighted by Gasteiger charge is 2.23. The molecule has 2 aromatic heterocycles. The summed E-state index contributed by atoms with van der Waals surface area (Å²) in [5.41, 5.74) is 6.13. The molecule has 0 spiro atoms. The minimum atomic E-state index is 0.0151. The van der Waals surface area contributed by atoms with Crippen molar-refractivity contribution in [3.05, 3.63) is 65.0 Å². The highest BCUT2D eigenvalue weighted by Crippen LogP contribution is 2.32. The van der Waals surface area contributed by atoms with Gasteiger partial charge in [0.2, 0.25) is 0 Å². The van der Waals surface area contributed by atoms with Gasteiger partial charge in [0.25, 0.3) is 5.91 Å². The molecule has 0 radical (unpaired) electrons. The van der Waals surface area contributed by atoms with Crippen molar-refractivity contribution in [2.75, 3.05) is 13.1 Å². The molecule has 1 saturated heterocycles. The van der Waals surface area contributed by atoms with Crippen molar-refractivity contribution in [1.82, 2.24) is 14.9 Å². The lowest BCUT2D eigenvalue weighted by atomic mass is 9.91. The molecular weight excluding hydrogens is 310 g/mol. The Morgan fingerprint density at radius 3 is 2.72 bits per heavy atom. The molecule has 4 nitrogen and oxygen atoms in total. The lowest BCUT2D eigenvalue weighted by Crippen LogP contribution is -2.26. The topological polar surface area (TPSA) is 46.9 Å². The Balaban J connectivity index is 1.81. The van der Waals surface area contributed by atoms with Crippen LogP contribution in [0.15, 0.2) is 42.7 Å². The number of hydrogen-bond acceptors (Lipinski definition) is 3. The summed E-state index contributed by atoms with van der Waals surface area (Å²) in [5, 5.41) is 3.41. The number of aromatic nitrogens is 2. The smallest absolute Gasteiger partial charge is 0.262 e. The number of piperidine rings is 1. The second kappa shape index (κ2) is 6.45. The Morgan fingerprint density at radius 1 is 1.16 bits per heavy atom. The maximum atomic E-state index is 13.1. The first-order valence-electron chi connectivity index (χ1n) is 8.94. The summed E-state index contributed by atoms with van der Waals surface area (Å²) in [6.45, 7) is 6.15. The summed E-state index contributed by atoms with van der Waals surface area (Å²) in [5.74, 6) is 0.480. The number of nitrogens with one attached hydrogen (secondary N) is 1. The standard InChI is InChI=1S/C21H23N3O/c1-14-5-6-17(12-15(14)2)21(25)24-13-18(16-7-10-22-11-8-16)20-19(24)4-3-9-23-20/h3-6,9,12-13,16,22H,7-8,10-11H2,1-2H3. The molecule has 0 amide bonds. The van der Waals surface area contributed by atoms with E-state index in [1.165, 1.54) is 11.1 Å². The molecule has 1 N–H and O–H groups in total. The van der Waals surface area contributed by atoms with Crippen molar-refractivity contribution in [3.63, 3.8) is 0 Å². The fourth-order valence-corrected chi connectivity index (χ4v) is 3.70. The van der Waals surface area contributed by atoms with Gasteiger partial charge in [0.1, 0.15) is 0 Å². The van der Waals surface area contributed by atoms with Crippen LogP contribution in [0, 0.1) is 13.8 Å². The number of rotatable bonds is 2. The number of hydrogen-bond donors (Lipinski definition) is 1. The monoisotopic (exact) mass is 333 g/mol. The molecule has 0 bridgehead atoms. The van der Waals surface area contributed by atoms with Crippen LogP contribution in [0.2, 0.25) is 0 Å². The predicted molar refractivity (Wildman–Crippen MR) is 100 cm³/mol. The first-order valence-corrected chi connectivity index (χ1v) is 8.94. The van der Waals surface area contributed by atoms with Crippen molar-refractivity contribution in [3.8, 4) is 0 Å². The molecule has 0 atom stereocenters. The number of pyridine rings is 1. The van der Waals surface area contributed by atoms with Crippen LogP contribution in [-0.2, 0) is 0 Å². The molecule has 25 heavy (non-hydrogen) atoms. The van der Waals surface area contributed by atoms with E-state index in [4.69, 9.17) is 0 Å². The van der Waals surface area contributed by atoms with Crippen molar-refractivity contribution in [2.45, 2.75) is 32.6 Å². The minimum absolute atomic E-state index is 0.0151. The predicted octanol–water partition coefficient (Wildman–Crippen LogP) is 3.81. The number of fused-ring (bicyclic) bond motifs is 1. The maximum Gasteiger partial charge on any atom is 0.262 e. The van der Waals surface area contributed by atoms with Crippen LogP contribution < -0.4 is 5.32 Å². The van der Waals surface area contributed by atoms with E-state index in [2.05, 4.69) is 17.2 Å². The van der Waals surface area contributed by atoms with E-state index >= 15 is 0 Å². The van der Waals surface area contributed by atoms with E-state index in [-0.39, 0.29) is 5.91 Å². The number of aryl methyl sites for hydroxylation is 2. The summed E-state index contributed by atoms with van der Waals surface area (Å²) in [7, 11) is 0.